The quantitative estimate of drug-likeness (QED) is 0.723. The maximum atomic E-state index is 13.2. The van der Waals surface area contributed by atoms with E-state index in [0.29, 0.717) is 17.1 Å². The monoisotopic (exact) mass is 365 g/mol. The number of aromatic nitrogens is 2. The van der Waals surface area contributed by atoms with Crippen molar-refractivity contribution in [2.45, 2.75) is 12.3 Å². The molecule has 1 aliphatic heterocycles. The molecule has 0 aliphatic carbocycles. The van der Waals surface area contributed by atoms with E-state index in [0.717, 1.165) is 11.1 Å². The van der Waals surface area contributed by atoms with Gasteiger partial charge in [-0.15, -0.1) is 0 Å². The van der Waals surface area contributed by atoms with Crippen LogP contribution in [0.2, 0.25) is 0 Å². The fourth-order valence-electron chi connectivity index (χ4n) is 3.26. The zero-order valence-electron chi connectivity index (χ0n) is 14.5. The number of methoxy groups -OCH3 is 1. The lowest BCUT2D eigenvalue weighted by Crippen LogP contribution is -2.24. The van der Waals surface area contributed by atoms with Crippen LogP contribution in [-0.4, -0.2) is 28.8 Å². The Labute approximate surface area is 154 Å². The Morgan fingerprint density at radius 2 is 1.89 bits per heavy atom. The van der Waals surface area contributed by atoms with E-state index in [1.54, 1.807) is 35.1 Å². The van der Waals surface area contributed by atoms with Gasteiger partial charge in [0.15, 0.2) is 0 Å². The SMILES string of the molecule is COC(=O)c1ccc(C2CC(=O)Nc3c2cnn3-c2ccc(F)cc2)cc1. The van der Waals surface area contributed by atoms with Crippen LogP contribution in [0.15, 0.2) is 54.7 Å². The molecule has 0 spiro atoms. The summed E-state index contributed by atoms with van der Waals surface area (Å²) < 4.78 is 19.5. The topological polar surface area (TPSA) is 73.2 Å². The summed E-state index contributed by atoms with van der Waals surface area (Å²) in [6.07, 6.45) is 1.98. The van der Waals surface area contributed by atoms with Gasteiger partial charge in [-0.25, -0.2) is 13.9 Å². The van der Waals surface area contributed by atoms with E-state index < -0.39 is 5.97 Å². The summed E-state index contributed by atoms with van der Waals surface area (Å²) in [6, 6.07) is 12.9. The minimum atomic E-state index is -0.409. The Balaban J connectivity index is 1.72. The number of hydrogen-bond acceptors (Lipinski definition) is 4. The second-order valence-corrected chi connectivity index (χ2v) is 6.26. The number of hydrogen-bond donors (Lipinski definition) is 1. The number of nitrogens with zero attached hydrogens (tertiary/aromatic N) is 2. The number of halogens is 1. The van der Waals surface area contributed by atoms with Gasteiger partial charge in [0.2, 0.25) is 5.91 Å². The molecule has 4 rings (SSSR count). The van der Waals surface area contributed by atoms with Gasteiger partial charge in [0.05, 0.1) is 24.6 Å². The standard InChI is InChI=1S/C20H16FN3O3/c1-27-20(26)13-4-2-12(3-5-13)16-10-18(25)23-19-17(16)11-22-24(19)15-8-6-14(21)7-9-15/h2-9,11,16H,10H2,1H3,(H,23,25). The van der Waals surface area contributed by atoms with Crippen LogP contribution in [0, 0.1) is 5.82 Å². The number of fused-ring (bicyclic) bond motifs is 1. The van der Waals surface area contributed by atoms with Crippen LogP contribution in [0.3, 0.4) is 0 Å². The molecule has 1 atom stereocenters. The summed E-state index contributed by atoms with van der Waals surface area (Å²) in [5.41, 5.74) is 2.87. The Morgan fingerprint density at radius 3 is 2.56 bits per heavy atom. The Morgan fingerprint density at radius 1 is 1.19 bits per heavy atom. The molecule has 1 amide bonds. The minimum absolute atomic E-state index is 0.131. The molecule has 27 heavy (non-hydrogen) atoms. The van der Waals surface area contributed by atoms with E-state index in [1.807, 2.05) is 12.1 Å². The molecule has 1 aromatic heterocycles. The molecule has 7 heteroatoms. The van der Waals surface area contributed by atoms with Crippen molar-refractivity contribution in [2.24, 2.45) is 0 Å². The molecule has 2 aromatic carbocycles. The van der Waals surface area contributed by atoms with Crippen molar-refractivity contribution in [3.8, 4) is 5.69 Å². The molecule has 0 saturated carbocycles. The van der Waals surface area contributed by atoms with E-state index >= 15 is 0 Å². The maximum absolute atomic E-state index is 13.2. The van der Waals surface area contributed by atoms with Crippen molar-refractivity contribution in [3.63, 3.8) is 0 Å². The third kappa shape index (κ3) is 3.08. The van der Waals surface area contributed by atoms with E-state index in [9.17, 15) is 14.0 Å². The third-order valence-corrected chi connectivity index (χ3v) is 4.63. The first-order chi connectivity index (χ1) is 13.1. The summed E-state index contributed by atoms with van der Waals surface area (Å²) >= 11 is 0. The van der Waals surface area contributed by atoms with Crippen molar-refractivity contribution >= 4 is 17.7 Å². The zero-order valence-corrected chi connectivity index (χ0v) is 14.5. The van der Waals surface area contributed by atoms with Gasteiger partial charge >= 0.3 is 5.97 Å². The minimum Gasteiger partial charge on any atom is -0.465 e. The Kier molecular flexibility index (Phi) is 4.19. The van der Waals surface area contributed by atoms with Crippen LogP contribution in [0.4, 0.5) is 10.2 Å². The lowest BCUT2D eigenvalue weighted by molar-refractivity contribution is -0.116. The van der Waals surface area contributed by atoms with Gasteiger partial charge in [-0.1, -0.05) is 12.1 Å². The van der Waals surface area contributed by atoms with Gasteiger partial charge in [0, 0.05) is 17.9 Å². The average Bonchev–Trinajstić information content (AvgIpc) is 3.11. The zero-order chi connectivity index (χ0) is 19.0. The van der Waals surface area contributed by atoms with E-state index in [1.165, 1.54) is 19.2 Å². The van der Waals surface area contributed by atoms with Crippen LogP contribution in [0.1, 0.15) is 33.8 Å². The molecule has 1 unspecified atom stereocenters. The maximum Gasteiger partial charge on any atom is 0.337 e. The molecule has 1 N–H and O–H groups in total. The number of benzene rings is 2. The number of carbonyl (C=O) groups is 2. The Hall–Kier alpha value is -3.48. The number of rotatable bonds is 3. The first-order valence-corrected chi connectivity index (χ1v) is 8.39. The Bertz CT molecular complexity index is 1010. The van der Waals surface area contributed by atoms with Crippen LogP contribution < -0.4 is 5.32 Å². The van der Waals surface area contributed by atoms with Crippen LogP contribution >= 0.6 is 0 Å². The lowest BCUT2D eigenvalue weighted by Gasteiger charge is -2.24. The fourth-order valence-corrected chi connectivity index (χ4v) is 3.26. The lowest BCUT2D eigenvalue weighted by atomic mass is 9.87. The first-order valence-electron chi connectivity index (χ1n) is 8.39. The smallest absolute Gasteiger partial charge is 0.337 e. The molecule has 0 fully saturated rings. The molecule has 1 aliphatic rings. The molecule has 136 valence electrons. The molecule has 6 nitrogen and oxygen atoms in total. The van der Waals surface area contributed by atoms with Crippen LogP contribution in [-0.2, 0) is 9.53 Å². The van der Waals surface area contributed by atoms with E-state index in [4.69, 9.17) is 4.74 Å². The van der Waals surface area contributed by atoms with Gasteiger partial charge in [0.1, 0.15) is 11.6 Å². The van der Waals surface area contributed by atoms with Gasteiger partial charge < -0.3 is 10.1 Å². The van der Waals surface area contributed by atoms with Gasteiger partial charge in [-0.3, -0.25) is 4.79 Å². The highest BCUT2D eigenvalue weighted by Crippen LogP contribution is 2.38. The van der Waals surface area contributed by atoms with Gasteiger partial charge in [0.25, 0.3) is 0 Å². The van der Waals surface area contributed by atoms with Crippen LogP contribution in [0.5, 0.6) is 0 Å². The van der Waals surface area contributed by atoms with Gasteiger partial charge in [-0.2, -0.15) is 5.10 Å². The van der Waals surface area contributed by atoms with E-state index in [-0.39, 0.29) is 24.1 Å². The van der Waals surface area contributed by atoms with Crippen molar-refractivity contribution < 1.29 is 18.7 Å². The fraction of sp³-hybridized carbons (Fsp3) is 0.150. The molecular formula is C20H16FN3O3. The number of esters is 1. The highest BCUT2D eigenvalue weighted by Gasteiger charge is 2.30. The molecule has 0 radical (unpaired) electrons. The van der Waals surface area contributed by atoms with Crippen molar-refractivity contribution in [1.82, 2.24) is 9.78 Å². The first kappa shape index (κ1) is 17.0. The normalized spacial score (nSPS) is 15.8. The number of ether oxygens (including phenoxy) is 1. The number of carbonyl (C=O) groups excluding carboxylic acids is 2. The number of nitrogens with one attached hydrogen (secondary N) is 1. The predicted octanol–water partition coefficient (Wildman–Crippen LogP) is 3.27. The highest BCUT2D eigenvalue weighted by atomic mass is 19.1. The number of anilines is 1. The van der Waals surface area contributed by atoms with Gasteiger partial charge in [-0.05, 0) is 42.0 Å². The van der Waals surface area contributed by atoms with E-state index in [2.05, 4.69) is 10.4 Å². The van der Waals surface area contributed by atoms with Crippen molar-refractivity contribution in [3.05, 3.63) is 77.2 Å². The largest absolute Gasteiger partial charge is 0.465 e. The number of amides is 1. The summed E-state index contributed by atoms with van der Waals surface area (Å²) in [7, 11) is 1.33. The second-order valence-electron chi connectivity index (χ2n) is 6.26. The average molecular weight is 365 g/mol. The summed E-state index contributed by atoms with van der Waals surface area (Å²) in [5.74, 6) is -0.497. The molecule has 0 bridgehead atoms. The molecular weight excluding hydrogens is 349 g/mol. The predicted molar refractivity (Wildman–Crippen MR) is 96.4 cm³/mol. The molecule has 3 aromatic rings. The molecule has 0 saturated heterocycles. The third-order valence-electron chi connectivity index (χ3n) is 4.63. The summed E-state index contributed by atoms with van der Waals surface area (Å²) in [5, 5.41) is 7.23. The second kappa shape index (κ2) is 6.68. The molecule has 2 heterocycles. The highest BCUT2D eigenvalue weighted by molar-refractivity contribution is 5.95. The van der Waals surface area contributed by atoms with Crippen molar-refractivity contribution in [1.29, 1.82) is 0 Å². The van der Waals surface area contributed by atoms with Crippen LogP contribution in [0.25, 0.3) is 5.69 Å². The van der Waals surface area contributed by atoms with Crippen molar-refractivity contribution in [2.75, 3.05) is 12.4 Å². The summed E-state index contributed by atoms with van der Waals surface area (Å²) in [6.45, 7) is 0. The summed E-state index contributed by atoms with van der Waals surface area (Å²) in [4.78, 5) is 23.9.